The first-order valence-electron chi connectivity index (χ1n) is 10.1. The number of methoxy groups -OCH3 is 1. The number of aryl methyl sites for hydroxylation is 2. The van der Waals surface area contributed by atoms with Gasteiger partial charge in [0.2, 0.25) is 5.13 Å². The van der Waals surface area contributed by atoms with E-state index in [0.29, 0.717) is 10.7 Å². The Labute approximate surface area is 188 Å². The summed E-state index contributed by atoms with van der Waals surface area (Å²) in [6.45, 7) is 3.80. The molecule has 0 amide bonds. The van der Waals surface area contributed by atoms with Crippen LogP contribution in [0.15, 0.2) is 70.8 Å². The molecule has 0 aliphatic carbocycles. The summed E-state index contributed by atoms with van der Waals surface area (Å²) >= 11 is 1.42. The maximum atomic E-state index is 13.5. The van der Waals surface area contributed by atoms with Crippen molar-refractivity contribution in [2.45, 2.75) is 13.8 Å². The standard InChI is InChI=1S/C24H21N5O2S/c1-15-13-21(28(26-15)18-9-11-19(31-3)12-10-18)22-16(2)27-29(23(22)30)24-25-20(14-32-24)17-7-5-4-6-8-17/h4-14,27H,1-3H3. The Morgan fingerprint density at radius 3 is 2.50 bits per heavy atom. The highest BCUT2D eigenvalue weighted by Crippen LogP contribution is 2.27. The highest BCUT2D eigenvalue weighted by atomic mass is 32.1. The molecule has 0 atom stereocenters. The molecule has 0 saturated heterocycles. The van der Waals surface area contributed by atoms with Gasteiger partial charge in [0.15, 0.2) is 0 Å². The highest BCUT2D eigenvalue weighted by molar-refractivity contribution is 7.12. The molecular weight excluding hydrogens is 422 g/mol. The number of H-pyrrole nitrogens is 1. The van der Waals surface area contributed by atoms with E-state index in [2.05, 4.69) is 15.2 Å². The van der Waals surface area contributed by atoms with E-state index < -0.39 is 0 Å². The number of hydrogen-bond donors (Lipinski definition) is 1. The summed E-state index contributed by atoms with van der Waals surface area (Å²) in [6.07, 6.45) is 0. The van der Waals surface area contributed by atoms with Crippen molar-refractivity contribution in [3.8, 4) is 39.1 Å². The second-order valence-electron chi connectivity index (χ2n) is 7.41. The van der Waals surface area contributed by atoms with Crippen molar-refractivity contribution in [3.63, 3.8) is 0 Å². The molecule has 0 spiro atoms. The molecule has 0 aliphatic rings. The zero-order valence-corrected chi connectivity index (χ0v) is 18.7. The molecular formula is C24H21N5O2S. The molecule has 5 rings (SSSR count). The predicted octanol–water partition coefficient (Wildman–Crippen LogP) is 4.77. The van der Waals surface area contributed by atoms with Crippen molar-refractivity contribution in [2.75, 3.05) is 7.11 Å². The fourth-order valence-electron chi connectivity index (χ4n) is 3.69. The van der Waals surface area contributed by atoms with Crippen molar-refractivity contribution >= 4 is 11.3 Å². The molecule has 3 heterocycles. The fraction of sp³-hybridized carbons (Fsp3) is 0.125. The van der Waals surface area contributed by atoms with Gasteiger partial charge < -0.3 is 4.74 Å². The zero-order valence-electron chi connectivity index (χ0n) is 17.9. The molecule has 0 saturated carbocycles. The monoisotopic (exact) mass is 443 g/mol. The third-order valence-corrected chi connectivity index (χ3v) is 6.05. The lowest BCUT2D eigenvalue weighted by Crippen LogP contribution is -2.16. The average molecular weight is 444 g/mol. The molecule has 0 fully saturated rings. The van der Waals surface area contributed by atoms with Gasteiger partial charge in [0, 0.05) is 16.6 Å². The molecule has 2 aromatic carbocycles. The zero-order chi connectivity index (χ0) is 22.2. The molecule has 0 bridgehead atoms. The van der Waals surface area contributed by atoms with Gasteiger partial charge in [-0.05, 0) is 44.2 Å². The summed E-state index contributed by atoms with van der Waals surface area (Å²) < 4.78 is 8.54. The molecule has 3 aromatic heterocycles. The molecule has 5 aromatic rings. The Morgan fingerprint density at radius 1 is 1.03 bits per heavy atom. The van der Waals surface area contributed by atoms with Crippen LogP contribution in [-0.2, 0) is 0 Å². The molecule has 7 nitrogen and oxygen atoms in total. The van der Waals surface area contributed by atoms with Gasteiger partial charge >= 0.3 is 0 Å². The normalized spacial score (nSPS) is 11.1. The van der Waals surface area contributed by atoms with Crippen molar-refractivity contribution in [2.24, 2.45) is 0 Å². The van der Waals surface area contributed by atoms with Gasteiger partial charge in [0.05, 0.1) is 35.4 Å². The van der Waals surface area contributed by atoms with Crippen molar-refractivity contribution in [1.82, 2.24) is 24.5 Å². The SMILES string of the molecule is COc1ccc(-n2nc(C)cc2-c2c(C)[nH]n(-c3nc(-c4ccccc4)cs3)c2=O)cc1. The third kappa shape index (κ3) is 3.44. The van der Waals surface area contributed by atoms with Crippen molar-refractivity contribution in [3.05, 3.63) is 87.8 Å². The van der Waals surface area contributed by atoms with Gasteiger partial charge in [-0.3, -0.25) is 9.89 Å². The first-order valence-corrected chi connectivity index (χ1v) is 11.0. The van der Waals surface area contributed by atoms with Crippen LogP contribution >= 0.6 is 11.3 Å². The molecule has 32 heavy (non-hydrogen) atoms. The van der Waals surface area contributed by atoms with Crippen LogP contribution in [0, 0.1) is 13.8 Å². The lowest BCUT2D eigenvalue weighted by atomic mass is 10.1. The summed E-state index contributed by atoms with van der Waals surface area (Å²) in [4.78, 5) is 18.1. The van der Waals surface area contributed by atoms with Gasteiger partial charge in [-0.15, -0.1) is 11.3 Å². The van der Waals surface area contributed by atoms with Gasteiger partial charge in [-0.2, -0.15) is 9.78 Å². The predicted molar refractivity (Wildman–Crippen MR) is 126 cm³/mol. The van der Waals surface area contributed by atoms with Gasteiger partial charge in [0.25, 0.3) is 5.56 Å². The lowest BCUT2D eigenvalue weighted by molar-refractivity contribution is 0.414. The summed E-state index contributed by atoms with van der Waals surface area (Å²) in [5, 5.41) is 10.4. The highest BCUT2D eigenvalue weighted by Gasteiger charge is 2.21. The van der Waals surface area contributed by atoms with Crippen LogP contribution in [0.4, 0.5) is 0 Å². The summed E-state index contributed by atoms with van der Waals surface area (Å²) in [5.74, 6) is 0.761. The smallest absolute Gasteiger partial charge is 0.283 e. The summed E-state index contributed by atoms with van der Waals surface area (Å²) in [6, 6.07) is 19.4. The Balaban J connectivity index is 1.59. The Hall–Kier alpha value is -3.91. The summed E-state index contributed by atoms with van der Waals surface area (Å²) in [7, 11) is 1.63. The van der Waals surface area contributed by atoms with Crippen molar-refractivity contribution < 1.29 is 4.74 Å². The number of aromatic amines is 1. The molecule has 0 unspecified atom stereocenters. The summed E-state index contributed by atoms with van der Waals surface area (Å²) in [5.41, 5.74) is 5.41. The Morgan fingerprint density at radius 2 is 1.78 bits per heavy atom. The molecule has 0 radical (unpaired) electrons. The second-order valence-corrected chi connectivity index (χ2v) is 8.25. The second kappa shape index (κ2) is 7.97. The quantitative estimate of drug-likeness (QED) is 0.425. The maximum Gasteiger partial charge on any atom is 0.283 e. The number of ether oxygens (including phenoxy) is 1. The van der Waals surface area contributed by atoms with Gasteiger partial charge in [-0.25, -0.2) is 9.67 Å². The molecule has 1 N–H and O–H groups in total. The maximum absolute atomic E-state index is 13.5. The number of aromatic nitrogens is 5. The van der Waals surface area contributed by atoms with Crippen molar-refractivity contribution in [1.29, 1.82) is 0 Å². The lowest BCUT2D eigenvalue weighted by Gasteiger charge is -2.07. The first kappa shape index (κ1) is 20.0. The van der Waals surface area contributed by atoms with E-state index in [4.69, 9.17) is 4.74 Å². The minimum Gasteiger partial charge on any atom is -0.497 e. The van der Waals surface area contributed by atoms with E-state index >= 15 is 0 Å². The molecule has 0 aliphatic heterocycles. The molecule has 160 valence electrons. The van der Waals surface area contributed by atoms with E-state index in [0.717, 1.165) is 39.8 Å². The van der Waals surface area contributed by atoms with Crippen LogP contribution < -0.4 is 10.3 Å². The Bertz CT molecular complexity index is 1440. The number of nitrogens with zero attached hydrogens (tertiary/aromatic N) is 4. The van der Waals surface area contributed by atoms with E-state index in [-0.39, 0.29) is 5.56 Å². The van der Waals surface area contributed by atoms with E-state index in [1.54, 1.807) is 11.8 Å². The minimum absolute atomic E-state index is 0.161. The Kier molecular flexibility index (Phi) is 4.99. The van der Waals surface area contributed by atoms with Crippen LogP contribution in [-0.4, -0.2) is 31.7 Å². The number of thiazole rings is 1. The van der Waals surface area contributed by atoms with E-state index in [1.807, 2.05) is 79.9 Å². The fourth-order valence-corrected chi connectivity index (χ4v) is 4.48. The van der Waals surface area contributed by atoms with Crippen LogP contribution in [0.5, 0.6) is 5.75 Å². The minimum atomic E-state index is -0.161. The van der Waals surface area contributed by atoms with E-state index in [9.17, 15) is 4.79 Å². The van der Waals surface area contributed by atoms with Crippen LogP contribution in [0.2, 0.25) is 0 Å². The van der Waals surface area contributed by atoms with Crippen LogP contribution in [0.25, 0.3) is 33.3 Å². The number of rotatable bonds is 5. The topological polar surface area (TPSA) is 77.7 Å². The van der Waals surface area contributed by atoms with Gasteiger partial charge in [-0.1, -0.05) is 30.3 Å². The first-order chi connectivity index (χ1) is 15.5. The molecule has 8 heteroatoms. The van der Waals surface area contributed by atoms with Crippen LogP contribution in [0.1, 0.15) is 11.4 Å². The number of hydrogen-bond acceptors (Lipinski definition) is 5. The van der Waals surface area contributed by atoms with Crippen LogP contribution in [0.3, 0.4) is 0 Å². The van der Waals surface area contributed by atoms with E-state index in [1.165, 1.54) is 16.0 Å². The number of nitrogens with one attached hydrogen (secondary N) is 1. The average Bonchev–Trinajstić information content (AvgIpc) is 3.52. The third-order valence-electron chi connectivity index (χ3n) is 5.23. The van der Waals surface area contributed by atoms with Gasteiger partial charge in [0.1, 0.15) is 5.75 Å². The number of benzene rings is 2. The largest absolute Gasteiger partial charge is 0.497 e.